The van der Waals surface area contributed by atoms with E-state index in [2.05, 4.69) is 0 Å². The van der Waals surface area contributed by atoms with Gasteiger partial charge in [0.25, 0.3) is 5.91 Å². The van der Waals surface area contributed by atoms with Gasteiger partial charge in [-0.05, 0) is 61.6 Å². The summed E-state index contributed by atoms with van der Waals surface area (Å²) in [5.41, 5.74) is 0.706. The van der Waals surface area contributed by atoms with Crippen molar-refractivity contribution in [3.05, 3.63) is 48.0 Å². The van der Waals surface area contributed by atoms with Crippen molar-refractivity contribution in [3.63, 3.8) is 0 Å². The molecule has 1 N–H and O–H groups in total. The maximum absolute atomic E-state index is 13.1. The largest absolute Gasteiger partial charge is 0.481 e. The molecule has 3 heterocycles. The summed E-state index contributed by atoms with van der Waals surface area (Å²) in [7, 11) is 0. The van der Waals surface area contributed by atoms with Crippen molar-refractivity contribution in [3.8, 4) is 11.3 Å². The van der Waals surface area contributed by atoms with Crippen LogP contribution in [-0.2, 0) is 9.53 Å². The first-order valence-electron chi connectivity index (χ1n) is 9.52. The number of furan rings is 1. The Kier molecular flexibility index (Phi) is 5.17. The molecule has 1 aromatic heterocycles. The van der Waals surface area contributed by atoms with Crippen LogP contribution in [0.1, 0.15) is 29.8 Å². The van der Waals surface area contributed by atoms with Crippen molar-refractivity contribution < 1.29 is 28.2 Å². The average molecular weight is 387 g/mol. The standard InChI is InChI=1S/C21H22FNO5/c22-15-3-1-13(2-4-15)17-5-6-18(28-17)20(24)23-10-7-14(8-11-23)19-16(21(25)26)9-12-27-19/h1-6,14,16,19H,7-12H2,(H,25,26)/t16?,19-/m0/s1. The Labute approximate surface area is 161 Å². The minimum absolute atomic E-state index is 0.152. The molecule has 28 heavy (non-hydrogen) atoms. The van der Waals surface area contributed by atoms with E-state index in [0.29, 0.717) is 50.3 Å². The van der Waals surface area contributed by atoms with Crippen LogP contribution in [0.15, 0.2) is 40.8 Å². The molecule has 1 amide bonds. The third-order valence-electron chi connectivity index (χ3n) is 5.69. The van der Waals surface area contributed by atoms with Crippen LogP contribution in [0.2, 0.25) is 0 Å². The Balaban J connectivity index is 1.38. The maximum atomic E-state index is 13.1. The van der Waals surface area contributed by atoms with Gasteiger partial charge in [-0.3, -0.25) is 9.59 Å². The number of rotatable bonds is 4. The summed E-state index contributed by atoms with van der Waals surface area (Å²) in [6.45, 7) is 1.57. The lowest BCUT2D eigenvalue weighted by Crippen LogP contribution is -2.43. The van der Waals surface area contributed by atoms with Crippen molar-refractivity contribution in [1.82, 2.24) is 4.90 Å². The smallest absolute Gasteiger partial charge is 0.309 e. The van der Waals surface area contributed by atoms with Gasteiger partial charge in [0, 0.05) is 25.3 Å². The Hall–Kier alpha value is -2.67. The van der Waals surface area contributed by atoms with Gasteiger partial charge in [0.05, 0.1) is 12.0 Å². The highest BCUT2D eigenvalue weighted by Gasteiger charge is 2.41. The molecule has 2 aliphatic rings. The average Bonchev–Trinajstić information content (AvgIpc) is 3.38. The Bertz CT molecular complexity index is 854. The zero-order valence-corrected chi connectivity index (χ0v) is 15.3. The van der Waals surface area contributed by atoms with Crippen LogP contribution >= 0.6 is 0 Å². The predicted octanol–water partition coefficient (Wildman–Crippen LogP) is 3.43. The highest BCUT2D eigenvalue weighted by atomic mass is 19.1. The molecule has 2 aromatic rings. The fourth-order valence-corrected chi connectivity index (χ4v) is 4.15. The van der Waals surface area contributed by atoms with Gasteiger partial charge in [0.1, 0.15) is 11.6 Å². The minimum Gasteiger partial charge on any atom is -0.481 e. The molecule has 0 aliphatic carbocycles. The summed E-state index contributed by atoms with van der Waals surface area (Å²) in [4.78, 5) is 25.8. The highest BCUT2D eigenvalue weighted by molar-refractivity contribution is 5.92. The lowest BCUT2D eigenvalue weighted by atomic mass is 9.84. The fraction of sp³-hybridized carbons (Fsp3) is 0.429. The van der Waals surface area contributed by atoms with E-state index >= 15 is 0 Å². The van der Waals surface area contributed by atoms with E-state index in [4.69, 9.17) is 9.15 Å². The molecular weight excluding hydrogens is 365 g/mol. The van der Waals surface area contributed by atoms with Crippen LogP contribution in [0.5, 0.6) is 0 Å². The summed E-state index contributed by atoms with van der Waals surface area (Å²) in [6.07, 6.45) is 1.72. The number of carbonyl (C=O) groups is 2. The van der Waals surface area contributed by atoms with Gasteiger partial charge in [0.2, 0.25) is 0 Å². The number of carboxylic acid groups (broad SMARTS) is 1. The molecule has 6 nitrogen and oxygen atoms in total. The second kappa shape index (κ2) is 7.75. The fourth-order valence-electron chi connectivity index (χ4n) is 4.15. The van der Waals surface area contributed by atoms with Crippen molar-refractivity contribution in [2.75, 3.05) is 19.7 Å². The number of carboxylic acids is 1. The minimum atomic E-state index is -0.801. The molecule has 0 spiro atoms. The molecule has 1 unspecified atom stereocenters. The number of amides is 1. The second-order valence-corrected chi connectivity index (χ2v) is 7.37. The Morgan fingerprint density at radius 2 is 1.75 bits per heavy atom. The predicted molar refractivity (Wildman–Crippen MR) is 98.2 cm³/mol. The second-order valence-electron chi connectivity index (χ2n) is 7.37. The van der Waals surface area contributed by atoms with Crippen molar-refractivity contribution in [2.24, 2.45) is 11.8 Å². The van der Waals surface area contributed by atoms with Crippen LogP contribution in [-0.4, -0.2) is 47.7 Å². The van der Waals surface area contributed by atoms with Gasteiger partial charge in [-0.1, -0.05) is 0 Å². The molecule has 4 rings (SSSR count). The Morgan fingerprint density at radius 3 is 2.43 bits per heavy atom. The van der Waals surface area contributed by atoms with E-state index in [1.807, 2.05) is 0 Å². The molecule has 0 saturated carbocycles. The highest BCUT2D eigenvalue weighted by Crippen LogP contribution is 2.34. The van der Waals surface area contributed by atoms with Crippen LogP contribution < -0.4 is 0 Å². The van der Waals surface area contributed by atoms with E-state index in [1.54, 1.807) is 29.2 Å². The molecular formula is C21H22FNO5. The van der Waals surface area contributed by atoms with E-state index < -0.39 is 11.9 Å². The zero-order chi connectivity index (χ0) is 19.7. The normalized spacial score (nSPS) is 23.1. The number of hydrogen-bond donors (Lipinski definition) is 1. The summed E-state index contributed by atoms with van der Waals surface area (Å²) in [6, 6.07) is 9.24. The van der Waals surface area contributed by atoms with E-state index in [9.17, 15) is 19.1 Å². The monoisotopic (exact) mass is 387 g/mol. The molecule has 148 valence electrons. The summed E-state index contributed by atoms with van der Waals surface area (Å²) in [5, 5.41) is 9.34. The number of piperidine rings is 1. The number of benzene rings is 1. The molecule has 2 aliphatic heterocycles. The first-order chi connectivity index (χ1) is 13.5. The molecule has 2 atom stereocenters. The zero-order valence-electron chi connectivity index (χ0n) is 15.3. The number of likely N-dealkylation sites (tertiary alicyclic amines) is 1. The van der Waals surface area contributed by atoms with Gasteiger partial charge in [-0.25, -0.2) is 4.39 Å². The molecule has 0 bridgehead atoms. The summed E-state index contributed by atoms with van der Waals surface area (Å²) >= 11 is 0. The lowest BCUT2D eigenvalue weighted by molar-refractivity contribution is -0.145. The van der Waals surface area contributed by atoms with Crippen LogP contribution in [0.3, 0.4) is 0 Å². The maximum Gasteiger partial charge on any atom is 0.309 e. The first-order valence-corrected chi connectivity index (χ1v) is 9.52. The molecule has 2 saturated heterocycles. The number of ether oxygens (including phenoxy) is 1. The van der Waals surface area contributed by atoms with Crippen LogP contribution in [0.4, 0.5) is 4.39 Å². The van der Waals surface area contributed by atoms with Gasteiger partial charge in [-0.2, -0.15) is 0 Å². The van der Waals surface area contributed by atoms with Crippen molar-refractivity contribution >= 4 is 11.9 Å². The first kappa shape index (κ1) is 18.7. The molecule has 1 aromatic carbocycles. The SMILES string of the molecule is O=C(O)C1CCO[C@H]1C1CCN(C(=O)c2ccc(-c3ccc(F)cc3)o2)CC1. The summed E-state index contributed by atoms with van der Waals surface area (Å²) in [5.74, 6) is -0.848. The van der Waals surface area contributed by atoms with Gasteiger partial charge in [-0.15, -0.1) is 0 Å². The van der Waals surface area contributed by atoms with Gasteiger partial charge < -0.3 is 19.2 Å². The van der Waals surface area contributed by atoms with Crippen LogP contribution in [0, 0.1) is 17.7 Å². The quantitative estimate of drug-likeness (QED) is 0.869. The molecule has 2 fully saturated rings. The third-order valence-corrected chi connectivity index (χ3v) is 5.69. The number of aliphatic carboxylic acids is 1. The van der Waals surface area contributed by atoms with Crippen molar-refractivity contribution in [2.45, 2.75) is 25.4 Å². The third kappa shape index (κ3) is 3.67. The van der Waals surface area contributed by atoms with Crippen LogP contribution in [0.25, 0.3) is 11.3 Å². The van der Waals surface area contributed by atoms with Gasteiger partial charge >= 0.3 is 5.97 Å². The Morgan fingerprint density at radius 1 is 1.04 bits per heavy atom. The topological polar surface area (TPSA) is 80.0 Å². The summed E-state index contributed by atoms with van der Waals surface area (Å²) < 4.78 is 24.4. The molecule has 0 radical (unpaired) electrons. The van der Waals surface area contributed by atoms with E-state index in [-0.39, 0.29) is 29.5 Å². The van der Waals surface area contributed by atoms with E-state index in [0.717, 1.165) is 0 Å². The number of carbonyl (C=O) groups excluding carboxylic acids is 1. The number of halogens is 1. The van der Waals surface area contributed by atoms with Crippen molar-refractivity contribution in [1.29, 1.82) is 0 Å². The van der Waals surface area contributed by atoms with E-state index in [1.165, 1.54) is 12.1 Å². The molecule has 7 heteroatoms. The number of hydrogen-bond acceptors (Lipinski definition) is 4. The van der Waals surface area contributed by atoms with Gasteiger partial charge in [0.15, 0.2) is 5.76 Å². The number of nitrogens with zero attached hydrogens (tertiary/aromatic N) is 1. The lowest BCUT2D eigenvalue weighted by Gasteiger charge is -2.35.